The van der Waals surface area contributed by atoms with Gasteiger partial charge in [-0.15, -0.1) is 0 Å². The van der Waals surface area contributed by atoms with E-state index in [1.165, 1.54) is 12.3 Å². The van der Waals surface area contributed by atoms with Crippen LogP contribution in [0.3, 0.4) is 0 Å². The summed E-state index contributed by atoms with van der Waals surface area (Å²) >= 11 is 2.96. The lowest BCUT2D eigenvalue weighted by molar-refractivity contribution is -0.138. The molecule has 0 atom stereocenters. The molecule has 8 heteroatoms. The summed E-state index contributed by atoms with van der Waals surface area (Å²) in [5.74, 6) is -0.0592. The van der Waals surface area contributed by atoms with Crippen LogP contribution in [-0.4, -0.2) is 10.9 Å². The molecular formula is C13H10BrF3N2O2. The van der Waals surface area contributed by atoms with Crippen LogP contribution in [0.4, 0.5) is 13.2 Å². The Morgan fingerprint density at radius 2 is 2.14 bits per heavy atom. The maximum atomic E-state index is 12.9. The lowest BCUT2D eigenvalue weighted by Gasteiger charge is -2.12. The van der Waals surface area contributed by atoms with Crippen molar-refractivity contribution in [2.45, 2.75) is 19.6 Å². The highest BCUT2D eigenvalue weighted by Gasteiger charge is 2.35. The van der Waals surface area contributed by atoms with Crippen molar-refractivity contribution < 1.29 is 22.4 Å². The summed E-state index contributed by atoms with van der Waals surface area (Å²) in [7, 11) is 0. The third kappa shape index (κ3) is 3.84. The molecule has 112 valence electrons. The number of carbonyl (C=O) groups excluding carboxylic acids is 1. The van der Waals surface area contributed by atoms with Crippen LogP contribution in [0.25, 0.3) is 0 Å². The van der Waals surface area contributed by atoms with Crippen LogP contribution in [0, 0.1) is 6.92 Å². The van der Waals surface area contributed by atoms with E-state index in [0.29, 0.717) is 5.76 Å². The van der Waals surface area contributed by atoms with E-state index in [4.69, 9.17) is 4.42 Å². The van der Waals surface area contributed by atoms with Gasteiger partial charge in [0.1, 0.15) is 5.76 Å². The Labute approximate surface area is 126 Å². The molecule has 21 heavy (non-hydrogen) atoms. The predicted molar refractivity (Wildman–Crippen MR) is 71.6 cm³/mol. The van der Waals surface area contributed by atoms with Crippen molar-refractivity contribution in [1.29, 1.82) is 0 Å². The summed E-state index contributed by atoms with van der Waals surface area (Å²) in [4.78, 5) is 15.8. The number of alkyl halides is 3. The highest BCUT2D eigenvalue weighted by atomic mass is 79.9. The molecule has 0 aliphatic carbocycles. The molecule has 0 bridgehead atoms. The second kappa shape index (κ2) is 5.88. The van der Waals surface area contributed by atoms with Gasteiger partial charge in [-0.05, 0) is 25.1 Å². The first-order valence-corrected chi connectivity index (χ1v) is 6.63. The number of halogens is 4. The Morgan fingerprint density at radius 1 is 1.43 bits per heavy atom. The van der Waals surface area contributed by atoms with Gasteiger partial charge in [0.15, 0.2) is 0 Å². The van der Waals surface area contributed by atoms with Gasteiger partial charge in [0.2, 0.25) is 5.89 Å². The van der Waals surface area contributed by atoms with Crippen molar-refractivity contribution in [3.05, 3.63) is 51.6 Å². The highest BCUT2D eigenvalue weighted by molar-refractivity contribution is 9.10. The van der Waals surface area contributed by atoms with Gasteiger partial charge < -0.3 is 9.73 Å². The largest absolute Gasteiger partial charge is 0.444 e. The van der Waals surface area contributed by atoms with Gasteiger partial charge in [-0.2, -0.15) is 13.2 Å². The third-order valence-corrected chi connectivity index (χ3v) is 3.09. The molecule has 2 aromatic rings. The number of oxazole rings is 1. The molecule has 2 rings (SSSR count). The minimum Gasteiger partial charge on any atom is -0.444 e. The Bertz CT molecular complexity index is 668. The number of hydrogen-bond acceptors (Lipinski definition) is 3. The second-order valence-electron chi connectivity index (χ2n) is 4.23. The molecule has 1 N–H and O–H groups in total. The molecule has 0 aliphatic heterocycles. The van der Waals surface area contributed by atoms with Crippen molar-refractivity contribution in [3.8, 4) is 0 Å². The topological polar surface area (TPSA) is 55.1 Å². The van der Waals surface area contributed by atoms with E-state index < -0.39 is 23.2 Å². The molecule has 0 spiro atoms. The normalized spacial score (nSPS) is 11.5. The molecule has 0 aliphatic rings. The molecule has 0 unspecified atom stereocenters. The summed E-state index contributed by atoms with van der Waals surface area (Å²) < 4.78 is 44.1. The van der Waals surface area contributed by atoms with Crippen LogP contribution in [0.2, 0.25) is 0 Å². The number of nitrogens with one attached hydrogen (secondary N) is 1. The summed E-state index contributed by atoms with van der Waals surface area (Å²) in [6.45, 7) is 1.59. The van der Waals surface area contributed by atoms with Crippen molar-refractivity contribution in [3.63, 3.8) is 0 Å². The average molecular weight is 363 g/mol. The van der Waals surface area contributed by atoms with E-state index in [0.717, 1.165) is 12.1 Å². The maximum Gasteiger partial charge on any atom is 0.417 e. The summed E-state index contributed by atoms with van der Waals surface area (Å²) in [6.07, 6.45) is -3.15. The van der Waals surface area contributed by atoms with Gasteiger partial charge in [0.05, 0.1) is 23.9 Å². The number of nitrogens with zero attached hydrogens (tertiary/aromatic N) is 1. The van der Waals surface area contributed by atoms with E-state index in [1.807, 2.05) is 0 Å². The van der Waals surface area contributed by atoms with Gasteiger partial charge in [-0.3, -0.25) is 4.79 Å². The zero-order valence-electron chi connectivity index (χ0n) is 10.8. The average Bonchev–Trinajstić information content (AvgIpc) is 2.81. The summed E-state index contributed by atoms with van der Waals surface area (Å²) in [5.41, 5.74) is -1.45. The molecule has 4 nitrogen and oxygen atoms in total. The number of aryl methyl sites for hydroxylation is 1. The first-order valence-electron chi connectivity index (χ1n) is 5.83. The maximum absolute atomic E-state index is 12.9. The first kappa shape index (κ1) is 15.6. The van der Waals surface area contributed by atoms with E-state index >= 15 is 0 Å². The molecule has 0 fully saturated rings. The highest BCUT2D eigenvalue weighted by Crippen LogP contribution is 2.33. The third-order valence-electron chi connectivity index (χ3n) is 2.60. The van der Waals surface area contributed by atoms with Crippen molar-refractivity contribution in [2.24, 2.45) is 0 Å². The smallest absolute Gasteiger partial charge is 0.417 e. The zero-order valence-corrected chi connectivity index (χ0v) is 12.4. The second-order valence-corrected chi connectivity index (χ2v) is 5.15. The number of aromatic nitrogens is 1. The fourth-order valence-corrected chi connectivity index (χ4v) is 2.04. The van der Waals surface area contributed by atoms with Crippen molar-refractivity contribution >= 4 is 21.8 Å². The van der Waals surface area contributed by atoms with E-state index in [-0.39, 0.29) is 16.9 Å². The van der Waals surface area contributed by atoms with Crippen LogP contribution in [0.1, 0.15) is 27.6 Å². The molecule has 1 heterocycles. The number of benzene rings is 1. The molecule has 0 saturated carbocycles. The first-order chi connectivity index (χ1) is 9.77. The van der Waals surface area contributed by atoms with E-state index in [9.17, 15) is 18.0 Å². The van der Waals surface area contributed by atoms with Crippen LogP contribution < -0.4 is 5.32 Å². The Hall–Kier alpha value is -1.83. The summed E-state index contributed by atoms with van der Waals surface area (Å²) in [5, 5.41) is 2.35. The monoisotopic (exact) mass is 362 g/mol. The van der Waals surface area contributed by atoms with E-state index in [2.05, 4.69) is 26.2 Å². The fraction of sp³-hybridized carbons (Fsp3) is 0.231. The van der Waals surface area contributed by atoms with Crippen LogP contribution in [0.15, 0.2) is 33.3 Å². The van der Waals surface area contributed by atoms with Gasteiger partial charge in [-0.1, -0.05) is 15.9 Å². The Balaban J connectivity index is 2.19. The van der Waals surface area contributed by atoms with Crippen molar-refractivity contribution in [1.82, 2.24) is 10.3 Å². The molecule has 1 amide bonds. The van der Waals surface area contributed by atoms with Gasteiger partial charge in [-0.25, -0.2) is 4.98 Å². The Morgan fingerprint density at radius 3 is 2.71 bits per heavy atom. The number of amides is 1. The molecular weight excluding hydrogens is 353 g/mol. The minimum absolute atomic E-state index is 0.0833. The minimum atomic E-state index is -4.62. The predicted octanol–water partition coefficient (Wildman–Crippen LogP) is 3.69. The van der Waals surface area contributed by atoms with Gasteiger partial charge in [0, 0.05) is 4.47 Å². The number of carbonyl (C=O) groups is 1. The van der Waals surface area contributed by atoms with Crippen LogP contribution in [0.5, 0.6) is 0 Å². The number of hydrogen-bond donors (Lipinski definition) is 1. The fourth-order valence-electron chi connectivity index (χ4n) is 1.68. The molecule has 0 saturated heterocycles. The SMILES string of the molecule is Cc1cnc(CNC(=O)c2ccc(Br)cc2C(F)(F)F)o1. The van der Waals surface area contributed by atoms with Crippen LogP contribution in [-0.2, 0) is 12.7 Å². The van der Waals surface area contributed by atoms with Crippen LogP contribution >= 0.6 is 15.9 Å². The van der Waals surface area contributed by atoms with Gasteiger partial charge in [0.25, 0.3) is 5.91 Å². The van der Waals surface area contributed by atoms with Gasteiger partial charge >= 0.3 is 6.18 Å². The molecule has 1 aromatic heterocycles. The standard InChI is InChI=1S/C13H10BrF3N2O2/c1-7-5-18-11(21-7)6-19-12(20)9-3-2-8(14)4-10(9)13(15,16)17/h2-5H,6H2,1H3,(H,19,20). The number of rotatable bonds is 3. The van der Waals surface area contributed by atoms with E-state index in [1.54, 1.807) is 6.92 Å². The Kier molecular flexibility index (Phi) is 4.36. The lowest BCUT2D eigenvalue weighted by Crippen LogP contribution is -2.26. The molecule has 1 aromatic carbocycles. The summed E-state index contributed by atoms with van der Waals surface area (Å²) in [6, 6.07) is 3.35. The zero-order chi connectivity index (χ0) is 15.6. The molecule has 0 radical (unpaired) electrons. The lowest BCUT2D eigenvalue weighted by atomic mass is 10.1. The quantitative estimate of drug-likeness (QED) is 0.905. The van der Waals surface area contributed by atoms with Crippen molar-refractivity contribution in [2.75, 3.05) is 0 Å².